The Bertz CT molecular complexity index is 395. The summed E-state index contributed by atoms with van der Waals surface area (Å²) in [6, 6.07) is 7.34. The maximum atomic E-state index is 12.1. The van der Waals surface area contributed by atoms with E-state index in [0.717, 1.165) is 18.5 Å². The zero-order valence-corrected chi connectivity index (χ0v) is 12.8. The molecule has 0 fully saturated rings. The highest BCUT2D eigenvalue weighted by Gasteiger charge is 2.27. The first kappa shape index (κ1) is 18.3. The van der Waals surface area contributed by atoms with E-state index in [-0.39, 0.29) is 12.5 Å². The number of halogens is 4. The van der Waals surface area contributed by atoms with Crippen molar-refractivity contribution in [1.82, 2.24) is 5.32 Å². The maximum Gasteiger partial charge on any atom is 0.411 e. The minimum atomic E-state index is -4.28. The van der Waals surface area contributed by atoms with Crippen LogP contribution >= 0.6 is 11.6 Å². The minimum Gasteiger partial charge on any atom is -0.372 e. The molecule has 0 aliphatic rings. The van der Waals surface area contributed by atoms with Crippen LogP contribution in [0.15, 0.2) is 24.3 Å². The van der Waals surface area contributed by atoms with Crippen molar-refractivity contribution in [2.24, 2.45) is 5.92 Å². The molecule has 0 saturated carbocycles. The summed E-state index contributed by atoms with van der Waals surface area (Å²) < 4.78 is 41.2. The fourth-order valence-electron chi connectivity index (χ4n) is 1.97. The number of ether oxygens (including phenoxy) is 1. The van der Waals surface area contributed by atoms with Gasteiger partial charge >= 0.3 is 6.18 Å². The van der Waals surface area contributed by atoms with Gasteiger partial charge in [-0.05, 0) is 43.0 Å². The van der Waals surface area contributed by atoms with Crippen molar-refractivity contribution in [3.05, 3.63) is 34.9 Å². The summed E-state index contributed by atoms with van der Waals surface area (Å²) in [6.07, 6.45) is -2.63. The average Bonchev–Trinajstić information content (AvgIpc) is 2.40. The molecule has 1 N–H and O–H groups in total. The Morgan fingerprint density at radius 3 is 2.48 bits per heavy atom. The molecule has 0 heterocycles. The fraction of sp³-hybridized carbons (Fsp3) is 0.600. The van der Waals surface area contributed by atoms with E-state index in [1.54, 1.807) is 12.1 Å². The summed E-state index contributed by atoms with van der Waals surface area (Å²) in [6.45, 7) is 2.41. The van der Waals surface area contributed by atoms with Gasteiger partial charge in [0.15, 0.2) is 0 Å². The molecular formula is C15H21ClF3NO. The summed E-state index contributed by atoms with van der Waals surface area (Å²) in [5.74, 6) is 0.0000699. The van der Waals surface area contributed by atoms with Crippen molar-refractivity contribution >= 4 is 11.6 Å². The molecule has 0 saturated heterocycles. The molecule has 0 amide bonds. The van der Waals surface area contributed by atoms with Crippen LogP contribution in [0.3, 0.4) is 0 Å². The number of hydrogen-bond donors (Lipinski definition) is 1. The number of nitrogens with one attached hydrogen (secondary N) is 1. The zero-order chi connectivity index (χ0) is 15.7. The van der Waals surface area contributed by atoms with Crippen LogP contribution in [0, 0.1) is 5.92 Å². The van der Waals surface area contributed by atoms with Crippen molar-refractivity contribution in [3.8, 4) is 0 Å². The highest BCUT2D eigenvalue weighted by Crippen LogP contribution is 2.17. The number of benzene rings is 1. The summed E-state index contributed by atoms with van der Waals surface area (Å²) in [5.41, 5.74) is 1.04. The van der Waals surface area contributed by atoms with Gasteiger partial charge < -0.3 is 10.1 Å². The predicted octanol–water partition coefficient (Wildman–Crippen LogP) is 4.08. The molecular weight excluding hydrogens is 303 g/mol. The first-order valence-corrected chi connectivity index (χ1v) is 7.38. The van der Waals surface area contributed by atoms with Crippen LogP contribution in [0.25, 0.3) is 0 Å². The molecule has 0 aliphatic carbocycles. The molecule has 0 bridgehead atoms. The summed E-state index contributed by atoms with van der Waals surface area (Å²) in [5, 5.41) is 3.87. The summed E-state index contributed by atoms with van der Waals surface area (Å²) in [4.78, 5) is 0. The molecule has 1 atom stereocenters. The van der Waals surface area contributed by atoms with Gasteiger partial charge in [-0.2, -0.15) is 13.2 Å². The van der Waals surface area contributed by atoms with Crippen LogP contribution in [0.4, 0.5) is 13.2 Å². The number of hydrogen-bond acceptors (Lipinski definition) is 2. The fourth-order valence-corrected chi connectivity index (χ4v) is 2.09. The summed E-state index contributed by atoms with van der Waals surface area (Å²) >= 11 is 5.82. The monoisotopic (exact) mass is 323 g/mol. The zero-order valence-electron chi connectivity index (χ0n) is 12.0. The lowest BCUT2D eigenvalue weighted by molar-refractivity contribution is -0.176. The smallest absolute Gasteiger partial charge is 0.372 e. The maximum absolute atomic E-state index is 12.1. The molecule has 1 aromatic carbocycles. The first-order chi connectivity index (χ1) is 9.90. The second-order valence-corrected chi connectivity index (χ2v) is 5.47. The third kappa shape index (κ3) is 8.96. The lowest BCUT2D eigenvalue weighted by Crippen LogP contribution is -2.30. The van der Waals surface area contributed by atoms with Gasteiger partial charge in [0.2, 0.25) is 0 Å². The van der Waals surface area contributed by atoms with Gasteiger partial charge in [0.1, 0.15) is 6.61 Å². The molecule has 1 aromatic rings. The second-order valence-electron chi connectivity index (χ2n) is 5.03. The highest BCUT2D eigenvalue weighted by atomic mass is 35.5. The summed E-state index contributed by atoms with van der Waals surface area (Å²) in [7, 11) is 0. The molecule has 120 valence electrons. The Kier molecular flexibility index (Phi) is 8.07. The van der Waals surface area contributed by atoms with Gasteiger partial charge in [-0.15, -0.1) is 0 Å². The highest BCUT2D eigenvalue weighted by molar-refractivity contribution is 6.30. The van der Waals surface area contributed by atoms with E-state index in [0.29, 0.717) is 18.0 Å². The van der Waals surface area contributed by atoms with E-state index < -0.39 is 12.8 Å². The van der Waals surface area contributed by atoms with Crippen LogP contribution in [-0.2, 0) is 11.2 Å². The first-order valence-electron chi connectivity index (χ1n) is 7.00. The largest absolute Gasteiger partial charge is 0.411 e. The van der Waals surface area contributed by atoms with Gasteiger partial charge in [-0.25, -0.2) is 0 Å². The Morgan fingerprint density at radius 2 is 1.90 bits per heavy atom. The number of rotatable bonds is 9. The molecule has 1 rings (SSSR count). The molecule has 21 heavy (non-hydrogen) atoms. The van der Waals surface area contributed by atoms with Crippen molar-refractivity contribution in [1.29, 1.82) is 0 Å². The topological polar surface area (TPSA) is 21.3 Å². The van der Waals surface area contributed by atoms with Crippen LogP contribution in [0.1, 0.15) is 18.9 Å². The Labute approximate surface area is 128 Å². The lowest BCUT2D eigenvalue weighted by atomic mass is 10.00. The van der Waals surface area contributed by atoms with E-state index in [9.17, 15) is 13.2 Å². The molecule has 2 nitrogen and oxygen atoms in total. The van der Waals surface area contributed by atoms with E-state index in [1.807, 2.05) is 19.1 Å². The van der Waals surface area contributed by atoms with Crippen molar-refractivity contribution in [3.63, 3.8) is 0 Å². The van der Waals surface area contributed by atoms with Crippen molar-refractivity contribution < 1.29 is 17.9 Å². The average molecular weight is 324 g/mol. The van der Waals surface area contributed by atoms with Gasteiger partial charge in [0.25, 0.3) is 0 Å². The third-order valence-electron chi connectivity index (χ3n) is 2.92. The van der Waals surface area contributed by atoms with Crippen molar-refractivity contribution in [2.45, 2.75) is 25.9 Å². The molecule has 0 aliphatic heterocycles. The number of alkyl halides is 3. The molecule has 0 radical (unpaired) electrons. The van der Waals surface area contributed by atoms with E-state index >= 15 is 0 Å². The Morgan fingerprint density at radius 1 is 1.24 bits per heavy atom. The molecule has 0 aromatic heterocycles. The molecule has 0 spiro atoms. The quantitative estimate of drug-likeness (QED) is 0.691. The van der Waals surface area contributed by atoms with Gasteiger partial charge in [-0.1, -0.05) is 30.7 Å². The lowest BCUT2D eigenvalue weighted by Gasteiger charge is -2.18. The van der Waals surface area contributed by atoms with E-state index in [1.165, 1.54) is 0 Å². The minimum absolute atomic E-state index is 0.0000699. The standard InChI is InChI=1S/C15H21ClF3NO/c1-2-7-20-9-13(10-21-11-15(17,18)19)8-12-3-5-14(16)6-4-12/h3-6,13,20H,2,7-11H2,1H3. The SMILES string of the molecule is CCCNCC(COCC(F)(F)F)Cc1ccc(Cl)cc1. The van der Waals surface area contributed by atoms with Crippen molar-refractivity contribution in [2.75, 3.05) is 26.3 Å². The normalized spacial score (nSPS) is 13.4. The molecule has 6 heteroatoms. The third-order valence-corrected chi connectivity index (χ3v) is 3.17. The van der Waals surface area contributed by atoms with Crippen LogP contribution in [-0.4, -0.2) is 32.5 Å². The van der Waals surface area contributed by atoms with Gasteiger partial charge in [0.05, 0.1) is 6.61 Å². The Balaban J connectivity index is 2.48. The Hall–Kier alpha value is -0.780. The van der Waals surface area contributed by atoms with Crippen LogP contribution in [0.5, 0.6) is 0 Å². The van der Waals surface area contributed by atoms with Gasteiger partial charge in [-0.3, -0.25) is 0 Å². The van der Waals surface area contributed by atoms with Gasteiger partial charge in [0, 0.05) is 11.6 Å². The van der Waals surface area contributed by atoms with E-state index in [2.05, 4.69) is 5.32 Å². The van der Waals surface area contributed by atoms with E-state index in [4.69, 9.17) is 16.3 Å². The second kappa shape index (κ2) is 9.28. The molecule has 1 unspecified atom stereocenters. The predicted molar refractivity (Wildman–Crippen MR) is 78.7 cm³/mol. The van der Waals surface area contributed by atoms with Crippen LogP contribution < -0.4 is 5.32 Å². The van der Waals surface area contributed by atoms with Crippen LogP contribution in [0.2, 0.25) is 5.02 Å².